The van der Waals surface area contributed by atoms with Crippen molar-refractivity contribution in [2.45, 2.75) is 31.3 Å². The molecule has 2 atom stereocenters. The Morgan fingerprint density at radius 1 is 1.45 bits per heavy atom. The zero-order chi connectivity index (χ0) is 14.4. The van der Waals surface area contributed by atoms with Crippen molar-refractivity contribution in [2.75, 3.05) is 25.2 Å². The second kappa shape index (κ2) is 7.14. The van der Waals surface area contributed by atoms with Crippen molar-refractivity contribution >= 4 is 17.7 Å². The van der Waals surface area contributed by atoms with Gasteiger partial charge in [-0.2, -0.15) is 11.8 Å². The number of ether oxygens (including phenoxy) is 1. The Morgan fingerprint density at radius 3 is 2.75 bits per heavy atom. The summed E-state index contributed by atoms with van der Waals surface area (Å²) < 4.78 is 5.63. The highest BCUT2D eigenvalue weighted by Gasteiger charge is 2.35. The minimum atomic E-state index is -0.171. The maximum atomic E-state index is 12.4. The van der Waals surface area contributed by atoms with Crippen LogP contribution in [0.5, 0.6) is 0 Å². The Hall–Kier alpha value is -1.00. The summed E-state index contributed by atoms with van der Waals surface area (Å²) in [7, 11) is 1.74. The minimum Gasteiger partial charge on any atom is -0.376 e. The molecule has 1 N–H and O–H groups in total. The zero-order valence-electron chi connectivity index (χ0n) is 12.2. The summed E-state index contributed by atoms with van der Waals surface area (Å²) in [4.78, 5) is 12.4. The predicted octanol–water partition coefficient (Wildman–Crippen LogP) is 2.82. The van der Waals surface area contributed by atoms with Gasteiger partial charge >= 0.3 is 0 Å². The summed E-state index contributed by atoms with van der Waals surface area (Å²) in [6, 6.07) is 9.98. The van der Waals surface area contributed by atoms with Crippen molar-refractivity contribution in [3.05, 3.63) is 35.9 Å². The molecule has 0 radical (unpaired) electrons. The number of thioether (sulfide) groups is 1. The van der Waals surface area contributed by atoms with Crippen molar-refractivity contribution in [3.63, 3.8) is 0 Å². The third-order valence-corrected chi connectivity index (χ3v) is 5.23. The van der Waals surface area contributed by atoms with Crippen molar-refractivity contribution in [1.29, 1.82) is 0 Å². The highest BCUT2D eigenvalue weighted by Crippen LogP contribution is 2.30. The lowest BCUT2D eigenvalue weighted by molar-refractivity contribution is -0.124. The number of amides is 1. The molecule has 110 valence electrons. The predicted molar refractivity (Wildman–Crippen MR) is 84.2 cm³/mol. The fourth-order valence-corrected chi connectivity index (χ4v) is 3.99. The number of carbonyl (C=O) groups is 1. The standard InChI is InChI=1S/C16H23NO2S/c1-3-14(13-7-5-4-6-8-13)15(18)17-11-16(19-2)9-10-20-12-16/h4-8,14H,3,9-12H2,1-2H3,(H,17,18). The highest BCUT2D eigenvalue weighted by molar-refractivity contribution is 7.99. The summed E-state index contributed by atoms with van der Waals surface area (Å²) in [5.41, 5.74) is 0.912. The Balaban J connectivity index is 1.96. The van der Waals surface area contributed by atoms with Gasteiger partial charge in [0.05, 0.1) is 11.5 Å². The molecule has 2 rings (SSSR count). The van der Waals surface area contributed by atoms with E-state index in [-0.39, 0.29) is 17.4 Å². The molecular weight excluding hydrogens is 270 g/mol. The number of hydrogen-bond acceptors (Lipinski definition) is 3. The SMILES string of the molecule is CCC(C(=O)NCC1(OC)CCSC1)c1ccccc1. The number of hydrogen-bond donors (Lipinski definition) is 1. The van der Waals surface area contributed by atoms with Gasteiger partial charge in [0.25, 0.3) is 0 Å². The molecule has 0 saturated carbocycles. The first-order valence-corrected chi connectivity index (χ1v) is 8.32. The first kappa shape index (κ1) is 15.4. The third kappa shape index (κ3) is 3.55. The van der Waals surface area contributed by atoms with Gasteiger partial charge < -0.3 is 10.1 Å². The first-order valence-electron chi connectivity index (χ1n) is 7.16. The molecule has 1 fully saturated rings. The Kier molecular flexibility index (Phi) is 5.49. The highest BCUT2D eigenvalue weighted by atomic mass is 32.2. The van der Waals surface area contributed by atoms with E-state index in [0.29, 0.717) is 6.54 Å². The Morgan fingerprint density at radius 2 is 2.20 bits per heavy atom. The summed E-state index contributed by atoms with van der Waals surface area (Å²) in [6.45, 7) is 2.66. The lowest BCUT2D eigenvalue weighted by Crippen LogP contribution is -2.45. The second-order valence-corrected chi connectivity index (χ2v) is 6.38. The van der Waals surface area contributed by atoms with E-state index in [1.54, 1.807) is 7.11 Å². The number of nitrogens with one attached hydrogen (secondary N) is 1. The van der Waals surface area contributed by atoms with Gasteiger partial charge in [-0.3, -0.25) is 4.79 Å². The van der Waals surface area contributed by atoms with E-state index in [9.17, 15) is 4.79 Å². The molecule has 0 aliphatic carbocycles. The lowest BCUT2D eigenvalue weighted by atomic mass is 9.95. The fraction of sp³-hybridized carbons (Fsp3) is 0.562. The zero-order valence-corrected chi connectivity index (χ0v) is 13.0. The molecule has 1 aromatic rings. The summed E-state index contributed by atoms with van der Waals surface area (Å²) in [5.74, 6) is 2.11. The summed E-state index contributed by atoms with van der Waals surface area (Å²) >= 11 is 1.89. The van der Waals surface area contributed by atoms with Crippen LogP contribution in [-0.2, 0) is 9.53 Å². The van der Waals surface area contributed by atoms with Crippen molar-refractivity contribution in [1.82, 2.24) is 5.32 Å². The molecule has 1 aliphatic rings. The van der Waals surface area contributed by atoms with Crippen molar-refractivity contribution < 1.29 is 9.53 Å². The maximum absolute atomic E-state index is 12.4. The smallest absolute Gasteiger partial charge is 0.227 e. The van der Waals surface area contributed by atoms with Gasteiger partial charge in [0.1, 0.15) is 0 Å². The van der Waals surface area contributed by atoms with Gasteiger partial charge in [-0.1, -0.05) is 37.3 Å². The van der Waals surface area contributed by atoms with Crippen LogP contribution in [0.4, 0.5) is 0 Å². The van der Waals surface area contributed by atoms with Crippen LogP contribution in [0.15, 0.2) is 30.3 Å². The lowest BCUT2D eigenvalue weighted by Gasteiger charge is -2.28. The maximum Gasteiger partial charge on any atom is 0.227 e. The van der Waals surface area contributed by atoms with E-state index < -0.39 is 0 Å². The number of rotatable bonds is 6. The molecule has 1 saturated heterocycles. The Labute approximate surface area is 125 Å². The summed E-state index contributed by atoms with van der Waals surface area (Å²) in [6.07, 6.45) is 1.82. The molecule has 1 heterocycles. The van der Waals surface area contributed by atoms with Crippen LogP contribution in [0, 0.1) is 0 Å². The Bertz CT molecular complexity index is 429. The number of carbonyl (C=O) groups excluding carboxylic acids is 1. The molecule has 1 amide bonds. The van der Waals surface area contributed by atoms with Gasteiger partial charge in [0.15, 0.2) is 0 Å². The quantitative estimate of drug-likeness (QED) is 0.876. The van der Waals surface area contributed by atoms with Gasteiger partial charge in [-0.25, -0.2) is 0 Å². The second-order valence-electron chi connectivity index (χ2n) is 5.28. The normalized spacial score (nSPS) is 23.5. The van der Waals surface area contributed by atoms with Gasteiger partial charge in [0.2, 0.25) is 5.91 Å². The molecule has 1 aromatic carbocycles. The van der Waals surface area contributed by atoms with E-state index in [0.717, 1.165) is 29.9 Å². The van der Waals surface area contributed by atoms with Crippen LogP contribution in [0.25, 0.3) is 0 Å². The van der Waals surface area contributed by atoms with Crippen LogP contribution in [0.1, 0.15) is 31.2 Å². The molecule has 0 aromatic heterocycles. The van der Waals surface area contributed by atoms with E-state index in [1.165, 1.54) is 0 Å². The fourth-order valence-electron chi connectivity index (χ4n) is 2.59. The van der Waals surface area contributed by atoms with E-state index in [4.69, 9.17) is 4.74 Å². The average molecular weight is 293 g/mol. The van der Waals surface area contributed by atoms with Crippen molar-refractivity contribution in [2.24, 2.45) is 0 Å². The third-order valence-electron chi connectivity index (χ3n) is 4.01. The first-order chi connectivity index (χ1) is 9.71. The van der Waals surface area contributed by atoms with Crippen LogP contribution in [-0.4, -0.2) is 36.7 Å². The van der Waals surface area contributed by atoms with E-state index in [1.807, 2.05) is 42.1 Å². The minimum absolute atomic E-state index is 0.0702. The number of methoxy groups -OCH3 is 1. The molecule has 1 aliphatic heterocycles. The van der Waals surface area contributed by atoms with Crippen LogP contribution < -0.4 is 5.32 Å². The average Bonchev–Trinajstić information content (AvgIpc) is 2.97. The van der Waals surface area contributed by atoms with Crippen LogP contribution in [0.2, 0.25) is 0 Å². The molecule has 20 heavy (non-hydrogen) atoms. The van der Waals surface area contributed by atoms with E-state index >= 15 is 0 Å². The van der Waals surface area contributed by atoms with Gasteiger partial charge in [0, 0.05) is 19.4 Å². The van der Waals surface area contributed by atoms with Crippen LogP contribution >= 0.6 is 11.8 Å². The topological polar surface area (TPSA) is 38.3 Å². The van der Waals surface area contributed by atoms with Crippen LogP contribution in [0.3, 0.4) is 0 Å². The van der Waals surface area contributed by atoms with E-state index in [2.05, 4.69) is 12.2 Å². The van der Waals surface area contributed by atoms with Crippen molar-refractivity contribution in [3.8, 4) is 0 Å². The number of benzene rings is 1. The van der Waals surface area contributed by atoms with Gasteiger partial charge in [-0.15, -0.1) is 0 Å². The molecule has 3 nitrogen and oxygen atoms in total. The largest absolute Gasteiger partial charge is 0.376 e. The van der Waals surface area contributed by atoms with Gasteiger partial charge in [-0.05, 0) is 24.2 Å². The summed E-state index contributed by atoms with van der Waals surface area (Å²) in [5, 5.41) is 3.09. The monoisotopic (exact) mass is 293 g/mol. The molecule has 0 spiro atoms. The molecule has 4 heteroatoms. The molecule has 2 unspecified atom stereocenters. The molecule has 0 bridgehead atoms. The molecular formula is C16H23NO2S.